The van der Waals surface area contributed by atoms with Gasteiger partial charge in [-0.2, -0.15) is 0 Å². The van der Waals surface area contributed by atoms with Crippen LogP contribution in [-0.4, -0.2) is 39.7 Å². The molecule has 0 spiro atoms. The Hall–Kier alpha value is -2.19. The van der Waals surface area contributed by atoms with Gasteiger partial charge in [0.15, 0.2) is 0 Å². The molecule has 2 rings (SSSR count). The molecular formula is C17H27N3O5. The fourth-order valence-corrected chi connectivity index (χ4v) is 2.96. The Kier molecular flexibility index (Phi) is 8.30. The zero-order valence-electron chi connectivity index (χ0n) is 14.6. The fraction of sp³-hybridized carbons (Fsp3) is 0.588. The van der Waals surface area contributed by atoms with Crippen LogP contribution in [0.5, 0.6) is 0 Å². The lowest BCUT2D eigenvalue weighted by atomic mass is 10.1. The molecule has 0 saturated carbocycles. The van der Waals surface area contributed by atoms with Gasteiger partial charge in [-0.25, -0.2) is 4.79 Å². The number of nitro groups is 1. The van der Waals surface area contributed by atoms with E-state index in [0.29, 0.717) is 18.5 Å². The van der Waals surface area contributed by atoms with Gasteiger partial charge < -0.3 is 20.9 Å². The van der Waals surface area contributed by atoms with Gasteiger partial charge in [-0.3, -0.25) is 10.1 Å². The van der Waals surface area contributed by atoms with Gasteiger partial charge >= 0.3 is 6.09 Å². The average Bonchev–Trinajstić information content (AvgIpc) is 2.94. The second kappa shape index (κ2) is 9.95. The molecule has 0 bridgehead atoms. The van der Waals surface area contributed by atoms with E-state index in [0.717, 1.165) is 25.7 Å². The van der Waals surface area contributed by atoms with Crippen LogP contribution < -0.4 is 6.15 Å². The number of nitrogens with zero attached hydrogens (tertiary/aromatic N) is 2. The Bertz CT molecular complexity index is 564. The molecule has 1 amide bonds. The highest BCUT2D eigenvalue weighted by Gasteiger charge is 2.34. The van der Waals surface area contributed by atoms with Crippen molar-refractivity contribution in [2.45, 2.75) is 57.8 Å². The number of hydrogen-bond acceptors (Lipinski definition) is 6. The number of non-ortho nitro benzene ring substituents is 1. The van der Waals surface area contributed by atoms with E-state index in [1.165, 1.54) is 12.1 Å². The van der Waals surface area contributed by atoms with Crippen molar-refractivity contribution in [3.63, 3.8) is 0 Å². The van der Waals surface area contributed by atoms with E-state index in [4.69, 9.17) is 4.74 Å². The Morgan fingerprint density at radius 1 is 1.36 bits per heavy atom. The lowest BCUT2D eigenvalue weighted by molar-refractivity contribution is -0.384. The zero-order valence-corrected chi connectivity index (χ0v) is 14.6. The van der Waals surface area contributed by atoms with Crippen molar-refractivity contribution in [2.24, 2.45) is 0 Å². The lowest BCUT2D eigenvalue weighted by Gasteiger charge is -2.23. The molecule has 1 aromatic rings. The quantitative estimate of drug-likeness (QED) is 0.439. The Balaban J connectivity index is 0.00000312. The van der Waals surface area contributed by atoms with E-state index >= 15 is 0 Å². The number of ether oxygens (including phenoxy) is 1. The summed E-state index contributed by atoms with van der Waals surface area (Å²) in [4.78, 5) is 24.0. The third-order valence-electron chi connectivity index (χ3n) is 4.28. The minimum Gasteiger partial charge on any atom is -0.445 e. The number of benzene rings is 1. The van der Waals surface area contributed by atoms with Crippen molar-refractivity contribution in [1.29, 1.82) is 0 Å². The molecule has 25 heavy (non-hydrogen) atoms. The number of carbonyl (C=O) groups excluding carboxylic acids is 1. The first-order valence-corrected chi connectivity index (χ1v) is 8.36. The van der Waals surface area contributed by atoms with Crippen molar-refractivity contribution in [2.75, 3.05) is 6.54 Å². The van der Waals surface area contributed by atoms with Crippen molar-refractivity contribution in [3.05, 3.63) is 39.9 Å². The first-order valence-electron chi connectivity index (χ1n) is 8.36. The van der Waals surface area contributed by atoms with Crippen LogP contribution >= 0.6 is 0 Å². The minimum atomic E-state index is -0.497. The van der Waals surface area contributed by atoms with Crippen molar-refractivity contribution < 1.29 is 19.6 Å². The monoisotopic (exact) mass is 353 g/mol. The summed E-state index contributed by atoms with van der Waals surface area (Å²) in [5.74, 6) is 0. The summed E-state index contributed by atoms with van der Waals surface area (Å²) >= 11 is 0. The number of nitro benzene ring substituents is 1. The molecule has 8 nitrogen and oxygen atoms in total. The number of carbonyl (C=O) groups is 1. The molecule has 0 aliphatic carbocycles. The fourth-order valence-electron chi connectivity index (χ4n) is 2.96. The molecule has 8 heteroatoms. The average molecular weight is 353 g/mol. The van der Waals surface area contributed by atoms with Gasteiger partial charge in [-0.05, 0) is 30.5 Å². The van der Waals surface area contributed by atoms with Gasteiger partial charge in [0.2, 0.25) is 0 Å². The van der Waals surface area contributed by atoms with Crippen molar-refractivity contribution in [1.82, 2.24) is 11.1 Å². The van der Waals surface area contributed by atoms with E-state index < -0.39 is 17.1 Å². The summed E-state index contributed by atoms with van der Waals surface area (Å²) in [6, 6.07) is 5.94. The number of unbranched alkanes of at least 4 members (excludes halogenated alkanes) is 2. The Morgan fingerprint density at radius 3 is 2.64 bits per heavy atom. The summed E-state index contributed by atoms with van der Waals surface area (Å²) in [5.41, 5.74) is 0.694. The number of hydrogen-bond donors (Lipinski definition) is 2. The van der Waals surface area contributed by atoms with E-state index in [1.807, 2.05) is 0 Å². The number of aliphatic hydroxyl groups is 1. The molecule has 1 aliphatic heterocycles. The molecule has 140 valence electrons. The summed E-state index contributed by atoms with van der Waals surface area (Å²) in [5, 5.41) is 20.4. The minimum absolute atomic E-state index is 0. The largest absolute Gasteiger partial charge is 0.445 e. The number of amides is 1. The molecule has 2 unspecified atom stereocenters. The van der Waals surface area contributed by atoms with E-state index in [-0.39, 0.29) is 24.5 Å². The molecule has 4 N–H and O–H groups in total. The van der Waals surface area contributed by atoms with Crippen molar-refractivity contribution >= 4 is 11.8 Å². The van der Waals surface area contributed by atoms with E-state index in [9.17, 15) is 20.0 Å². The highest BCUT2D eigenvalue weighted by atomic mass is 16.6. The van der Waals surface area contributed by atoms with Crippen LogP contribution in [0.25, 0.3) is 0 Å². The van der Waals surface area contributed by atoms with Gasteiger partial charge in [0, 0.05) is 18.2 Å². The predicted molar refractivity (Wildman–Crippen MR) is 93.6 cm³/mol. The smallest absolute Gasteiger partial charge is 0.410 e. The third kappa shape index (κ3) is 5.99. The van der Waals surface area contributed by atoms with Crippen LogP contribution in [0.2, 0.25) is 0 Å². The summed E-state index contributed by atoms with van der Waals surface area (Å²) < 4.78 is 5.30. The first kappa shape index (κ1) is 20.9. The normalized spacial score (nSPS) is 19.4. The van der Waals surface area contributed by atoms with Crippen LogP contribution in [0.15, 0.2) is 24.3 Å². The number of β-amino-alcohol motifs (C(OH)–C–C–N with tert-alkyl or cyclic N) is 1. The Morgan fingerprint density at radius 2 is 2.04 bits per heavy atom. The summed E-state index contributed by atoms with van der Waals surface area (Å²) in [6.07, 6.45) is 3.78. The standard InChI is InChI=1S/C17H24N2O5.H3N/c1-2-3-4-5-15-10-16(20)11-18(15)17(21)24-12-13-6-8-14(9-7-13)19(22)23;/h6-9,15-16,20H,2-5,10-12H2,1H3;1H3. The molecule has 1 fully saturated rings. The van der Waals surface area contributed by atoms with E-state index in [2.05, 4.69) is 6.92 Å². The topological polar surface area (TPSA) is 128 Å². The second-order valence-corrected chi connectivity index (χ2v) is 6.17. The maximum absolute atomic E-state index is 12.3. The molecule has 2 atom stereocenters. The zero-order chi connectivity index (χ0) is 17.5. The first-order chi connectivity index (χ1) is 11.5. The van der Waals surface area contributed by atoms with Gasteiger partial charge in [0.05, 0.1) is 17.6 Å². The van der Waals surface area contributed by atoms with Gasteiger partial charge in [0.25, 0.3) is 5.69 Å². The highest BCUT2D eigenvalue weighted by Crippen LogP contribution is 2.24. The second-order valence-electron chi connectivity index (χ2n) is 6.17. The molecule has 1 aliphatic rings. The van der Waals surface area contributed by atoms with Crippen LogP contribution in [0.3, 0.4) is 0 Å². The lowest BCUT2D eigenvalue weighted by Crippen LogP contribution is -2.36. The maximum Gasteiger partial charge on any atom is 0.410 e. The van der Waals surface area contributed by atoms with Crippen LogP contribution in [0.1, 0.15) is 44.6 Å². The predicted octanol–water partition coefficient (Wildman–Crippen LogP) is 3.41. The van der Waals surface area contributed by atoms with Crippen LogP contribution in [0, 0.1) is 10.1 Å². The maximum atomic E-state index is 12.3. The third-order valence-corrected chi connectivity index (χ3v) is 4.28. The number of likely N-dealkylation sites (tertiary alicyclic amines) is 1. The van der Waals surface area contributed by atoms with Crippen LogP contribution in [0.4, 0.5) is 10.5 Å². The van der Waals surface area contributed by atoms with Gasteiger partial charge in [0.1, 0.15) is 6.61 Å². The SMILES string of the molecule is CCCCCC1CC(O)CN1C(=O)OCc1ccc([N+](=O)[O-])cc1.N. The molecule has 0 aromatic heterocycles. The van der Waals surface area contributed by atoms with Crippen molar-refractivity contribution in [3.8, 4) is 0 Å². The molecule has 0 radical (unpaired) electrons. The van der Waals surface area contributed by atoms with Crippen LogP contribution in [-0.2, 0) is 11.3 Å². The number of aliphatic hydroxyl groups excluding tert-OH is 1. The van der Waals surface area contributed by atoms with Gasteiger partial charge in [-0.15, -0.1) is 0 Å². The van der Waals surface area contributed by atoms with Gasteiger partial charge in [-0.1, -0.05) is 26.2 Å². The molecule has 1 saturated heterocycles. The highest BCUT2D eigenvalue weighted by molar-refractivity contribution is 5.68. The molecule has 1 aromatic carbocycles. The summed E-state index contributed by atoms with van der Waals surface area (Å²) in [6.45, 7) is 2.49. The van der Waals surface area contributed by atoms with E-state index in [1.54, 1.807) is 17.0 Å². The summed E-state index contributed by atoms with van der Waals surface area (Å²) in [7, 11) is 0. The number of rotatable bonds is 7. The molecule has 1 heterocycles. The Labute approximate surface area is 147 Å². The molecular weight excluding hydrogens is 326 g/mol.